The predicted octanol–water partition coefficient (Wildman–Crippen LogP) is 0.871. The van der Waals surface area contributed by atoms with Crippen LogP contribution in [0.1, 0.15) is 13.3 Å². The van der Waals surface area contributed by atoms with Gasteiger partial charge in [-0.25, -0.2) is 8.78 Å². The molecule has 0 aromatic heterocycles. The minimum atomic E-state index is -4.70. The maximum Gasteiger partial charge on any atom is 0.383 e. The lowest BCUT2D eigenvalue weighted by Gasteiger charge is -2.25. The van der Waals surface area contributed by atoms with Gasteiger partial charge in [0.2, 0.25) is 5.91 Å². The maximum atomic E-state index is 12.9. The number of rotatable bonds is 3. The molecule has 0 bridgehead atoms. The minimum absolute atomic E-state index is 0.134. The molecule has 2 amide bonds. The summed E-state index contributed by atoms with van der Waals surface area (Å²) in [4.78, 5) is 23.4. The summed E-state index contributed by atoms with van der Waals surface area (Å²) in [5.74, 6) is -7.03. The SMILES string of the molecule is CNC(=O)C1(C)CCN(C(=O)C(F)(F)C(F)F)C1. The number of alkyl halides is 4. The van der Waals surface area contributed by atoms with E-state index < -0.39 is 29.6 Å². The van der Waals surface area contributed by atoms with E-state index in [0.717, 1.165) is 0 Å². The summed E-state index contributed by atoms with van der Waals surface area (Å²) < 4.78 is 49.9. The lowest BCUT2D eigenvalue weighted by molar-refractivity contribution is -0.179. The van der Waals surface area contributed by atoms with E-state index in [-0.39, 0.29) is 19.5 Å². The summed E-state index contributed by atoms with van der Waals surface area (Å²) >= 11 is 0. The summed E-state index contributed by atoms with van der Waals surface area (Å²) in [7, 11) is 1.38. The van der Waals surface area contributed by atoms with Crippen molar-refractivity contribution in [1.29, 1.82) is 0 Å². The van der Waals surface area contributed by atoms with E-state index in [1.54, 1.807) is 0 Å². The molecule has 0 saturated carbocycles. The number of hydrogen-bond acceptors (Lipinski definition) is 2. The van der Waals surface area contributed by atoms with Crippen LogP contribution in [0.15, 0.2) is 0 Å². The molecular weight excluding hydrogens is 256 g/mol. The van der Waals surface area contributed by atoms with Crippen molar-refractivity contribution < 1.29 is 27.2 Å². The van der Waals surface area contributed by atoms with Gasteiger partial charge in [0.05, 0.1) is 5.41 Å². The molecule has 1 heterocycles. The Balaban J connectivity index is 2.79. The van der Waals surface area contributed by atoms with E-state index in [9.17, 15) is 27.2 Å². The Morgan fingerprint density at radius 2 is 1.94 bits per heavy atom. The Morgan fingerprint density at radius 1 is 1.39 bits per heavy atom. The number of likely N-dealkylation sites (tertiary alicyclic amines) is 1. The van der Waals surface area contributed by atoms with Gasteiger partial charge < -0.3 is 10.2 Å². The van der Waals surface area contributed by atoms with Crippen LogP contribution in [-0.4, -0.2) is 49.2 Å². The molecule has 0 radical (unpaired) electrons. The Morgan fingerprint density at radius 3 is 2.39 bits per heavy atom. The standard InChI is InChI=1S/C10H14F4N2O2/c1-9(7(17)15-2)3-4-16(5-9)8(18)10(13,14)6(11)12/h6H,3-5H2,1-2H3,(H,15,17). The molecule has 1 rings (SSSR count). The summed E-state index contributed by atoms with van der Waals surface area (Å²) in [5.41, 5.74) is -1.01. The topological polar surface area (TPSA) is 49.4 Å². The highest BCUT2D eigenvalue weighted by Gasteiger charge is 2.54. The predicted molar refractivity (Wildman–Crippen MR) is 54.3 cm³/mol. The van der Waals surface area contributed by atoms with Crippen molar-refractivity contribution in [3.63, 3.8) is 0 Å². The average molecular weight is 270 g/mol. The van der Waals surface area contributed by atoms with E-state index >= 15 is 0 Å². The molecule has 0 spiro atoms. The second-order valence-electron chi connectivity index (χ2n) is 4.54. The first-order chi connectivity index (χ1) is 8.15. The van der Waals surface area contributed by atoms with Gasteiger partial charge in [0, 0.05) is 20.1 Å². The van der Waals surface area contributed by atoms with Crippen LogP contribution in [0.3, 0.4) is 0 Å². The highest BCUT2D eigenvalue weighted by Crippen LogP contribution is 2.34. The molecule has 0 aromatic carbocycles. The van der Waals surface area contributed by atoms with Crippen molar-refractivity contribution in [1.82, 2.24) is 10.2 Å². The van der Waals surface area contributed by atoms with Crippen LogP contribution < -0.4 is 5.32 Å². The second kappa shape index (κ2) is 4.74. The molecule has 1 N–H and O–H groups in total. The third kappa shape index (κ3) is 2.41. The lowest BCUT2D eigenvalue weighted by Crippen LogP contribution is -2.48. The fourth-order valence-electron chi connectivity index (χ4n) is 1.93. The third-order valence-corrected chi connectivity index (χ3v) is 3.09. The fraction of sp³-hybridized carbons (Fsp3) is 0.800. The van der Waals surface area contributed by atoms with Crippen LogP contribution in [0.25, 0.3) is 0 Å². The van der Waals surface area contributed by atoms with Gasteiger partial charge in [-0.3, -0.25) is 9.59 Å². The molecule has 0 aliphatic carbocycles. The van der Waals surface area contributed by atoms with E-state index in [2.05, 4.69) is 5.32 Å². The molecule has 18 heavy (non-hydrogen) atoms. The van der Waals surface area contributed by atoms with Gasteiger partial charge in [0.1, 0.15) is 0 Å². The molecule has 1 aliphatic heterocycles. The van der Waals surface area contributed by atoms with Crippen molar-refractivity contribution >= 4 is 11.8 Å². The van der Waals surface area contributed by atoms with Gasteiger partial charge in [-0.15, -0.1) is 0 Å². The van der Waals surface area contributed by atoms with Gasteiger partial charge in [0.15, 0.2) is 0 Å². The number of carbonyl (C=O) groups is 2. The van der Waals surface area contributed by atoms with Crippen molar-refractivity contribution in [3.05, 3.63) is 0 Å². The first-order valence-corrected chi connectivity index (χ1v) is 5.32. The summed E-state index contributed by atoms with van der Waals surface area (Å²) in [6, 6.07) is 0. The largest absolute Gasteiger partial charge is 0.383 e. The zero-order valence-electron chi connectivity index (χ0n) is 9.97. The van der Waals surface area contributed by atoms with E-state index in [1.165, 1.54) is 14.0 Å². The highest BCUT2D eigenvalue weighted by molar-refractivity contribution is 5.87. The summed E-state index contributed by atoms with van der Waals surface area (Å²) in [6.45, 7) is 1.08. The van der Waals surface area contributed by atoms with Crippen LogP contribution >= 0.6 is 0 Å². The van der Waals surface area contributed by atoms with Gasteiger partial charge in [-0.1, -0.05) is 0 Å². The monoisotopic (exact) mass is 270 g/mol. The van der Waals surface area contributed by atoms with Crippen LogP contribution in [-0.2, 0) is 9.59 Å². The minimum Gasteiger partial charge on any atom is -0.359 e. The Labute approximate surface area is 101 Å². The van der Waals surface area contributed by atoms with Gasteiger partial charge >= 0.3 is 12.3 Å². The van der Waals surface area contributed by atoms with Crippen molar-refractivity contribution in [2.75, 3.05) is 20.1 Å². The normalized spacial score (nSPS) is 24.5. The molecule has 4 nitrogen and oxygen atoms in total. The molecule has 1 fully saturated rings. The first-order valence-electron chi connectivity index (χ1n) is 5.32. The van der Waals surface area contributed by atoms with E-state index in [4.69, 9.17) is 0 Å². The van der Waals surface area contributed by atoms with Gasteiger partial charge in [0.25, 0.3) is 5.91 Å². The molecule has 0 aromatic rings. The molecular formula is C10H14F4N2O2. The average Bonchev–Trinajstić information content (AvgIpc) is 2.70. The van der Waals surface area contributed by atoms with Gasteiger partial charge in [-0.2, -0.15) is 8.78 Å². The van der Waals surface area contributed by atoms with Crippen LogP contribution in [0, 0.1) is 5.41 Å². The fourth-order valence-corrected chi connectivity index (χ4v) is 1.93. The third-order valence-electron chi connectivity index (χ3n) is 3.09. The van der Waals surface area contributed by atoms with Crippen LogP contribution in [0.5, 0.6) is 0 Å². The van der Waals surface area contributed by atoms with Gasteiger partial charge in [-0.05, 0) is 13.3 Å². The first kappa shape index (κ1) is 14.7. The number of carbonyl (C=O) groups excluding carboxylic acids is 2. The summed E-state index contributed by atoms with van der Waals surface area (Å²) in [5, 5.41) is 2.36. The number of amides is 2. The molecule has 8 heteroatoms. The van der Waals surface area contributed by atoms with E-state index in [1.807, 2.05) is 0 Å². The number of hydrogen-bond donors (Lipinski definition) is 1. The number of nitrogens with zero attached hydrogens (tertiary/aromatic N) is 1. The maximum absolute atomic E-state index is 12.9. The second-order valence-corrected chi connectivity index (χ2v) is 4.54. The Hall–Kier alpha value is -1.34. The lowest BCUT2D eigenvalue weighted by atomic mass is 9.89. The van der Waals surface area contributed by atoms with E-state index in [0.29, 0.717) is 4.90 Å². The molecule has 1 unspecified atom stereocenters. The molecule has 1 aliphatic rings. The zero-order chi connectivity index (χ0) is 14.1. The number of nitrogens with one attached hydrogen (secondary N) is 1. The van der Waals surface area contributed by atoms with Crippen molar-refractivity contribution in [2.24, 2.45) is 5.41 Å². The summed E-state index contributed by atoms with van der Waals surface area (Å²) in [6.07, 6.45) is -3.88. The molecule has 104 valence electrons. The number of halogens is 4. The molecule has 1 atom stereocenters. The highest BCUT2D eigenvalue weighted by atomic mass is 19.3. The van der Waals surface area contributed by atoms with Crippen molar-refractivity contribution in [2.45, 2.75) is 25.7 Å². The Bertz CT molecular complexity index is 362. The van der Waals surface area contributed by atoms with Crippen molar-refractivity contribution in [3.8, 4) is 0 Å². The van der Waals surface area contributed by atoms with Crippen LogP contribution in [0.4, 0.5) is 17.6 Å². The smallest absolute Gasteiger partial charge is 0.359 e. The van der Waals surface area contributed by atoms with Crippen LogP contribution in [0.2, 0.25) is 0 Å². The quantitative estimate of drug-likeness (QED) is 0.774. The molecule has 1 saturated heterocycles. The zero-order valence-corrected chi connectivity index (χ0v) is 9.97. The Kier molecular flexibility index (Phi) is 3.87.